The highest BCUT2D eigenvalue weighted by Crippen LogP contribution is 2.38. The molecule has 0 aliphatic carbocycles. The summed E-state index contributed by atoms with van der Waals surface area (Å²) in [5, 5.41) is 2.68. The maximum absolute atomic E-state index is 12.5. The highest BCUT2D eigenvalue weighted by atomic mass is 16.7. The Balaban J connectivity index is 1.23. The van der Waals surface area contributed by atoms with E-state index in [-0.39, 0.29) is 37.6 Å². The maximum atomic E-state index is 12.5. The van der Waals surface area contributed by atoms with E-state index in [0.29, 0.717) is 26.1 Å². The Morgan fingerprint density at radius 1 is 1.09 bits per heavy atom. The molecule has 2 aliphatic rings. The van der Waals surface area contributed by atoms with Crippen molar-refractivity contribution in [2.24, 2.45) is 0 Å². The first-order valence-corrected chi connectivity index (χ1v) is 11.4. The summed E-state index contributed by atoms with van der Waals surface area (Å²) in [4.78, 5) is 28.7. The number of Topliss-reactive ketones (excluding diaryl/α,β-unsaturated/α-hetero) is 1. The van der Waals surface area contributed by atoms with Crippen LogP contribution in [0.3, 0.4) is 0 Å². The highest BCUT2D eigenvalue weighted by Gasteiger charge is 2.45. The lowest BCUT2D eigenvalue weighted by Crippen LogP contribution is -2.52. The van der Waals surface area contributed by atoms with Crippen molar-refractivity contribution in [3.8, 4) is 0 Å². The molecule has 2 aliphatic heterocycles. The summed E-state index contributed by atoms with van der Waals surface area (Å²) in [6, 6.07) is 15.4. The Labute approximate surface area is 193 Å². The molecule has 2 fully saturated rings. The maximum Gasteiger partial charge on any atom is 0.407 e. The molecule has 0 unspecified atom stereocenters. The van der Waals surface area contributed by atoms with Gasteiger partial charge < -0.3 is 24.3 Å². The Bertz CT molecular complexity index is 910. The lowest BCUT2D eigenvalue weighted by Gasteiger charge is -2.45. The summed E-state index contributed by atoms with van der Waals surface area (Å²) in [6.45, 7) is 1.18. The van der Waals surface area contributed by atoms with E-state index in [1.165, 1.54) is 0 Å². The quantitative estimate of drug-likeness (QED) is 0.652. The molecule has 33 heavy (non-hydrogen) atoms. The summed E-state index contributed by atoms with van der Waals surface area (Å²) in [7, 11) is 0. The van der Waals surface area contributed by atoms with Crippen molar-refractivity contribution >= 4 is 11.9 Å². The second kappa shape index (κ2) is 11.4. The first-order valence-electron chi connectivity index (χ1n) is 11.4. The molecule has 4 rings (SSSR count). The average molecular weight is 455 g/mol. The summed E-state index contributed by atoms with van der Waals surface area (Å²) < 4.78 is 23.5. The second-order valence-electron chi connectivity index (χ2n) is 8.48. The molecule has 0 bridgehead atoms. The fraction of sp³-hybridized carbons (Fsp3) is 0.480. The van der Waals surface area contributed by atoms with E-state index in [4.69, 9.17) is 18.9 Å². The minimum atomic E-state index is -0.965. The van der Waals surface area contributed by atoms with Crippen LogP contribution >= 0.6 is 0 Å². The molecule has 2 saturated heterocycles. The number of hydrogen-bond acceptors (Lipinski definition) is 7. The Hall–Kier alpha value is -2.81. The van der Waals surface area contributed by atoms with Crippen LogP contribution in [0.1, 0.15) is 43.4 Å². The van der Waals surface area contributed by atoms with Gasteiger partial charge in [-0.15, -0.1) is 0 Å². The molecule has 0 radical (unpaired) electrons. The summed E-state index contributed by atoms with van der Waals surface area (Å²) >= 11 is 0. The van der Waals surface area contributed by atoms with Crippen LogP contribution in [0.4, 0.5) is 4.79 Å². The van der Waals surface area contributed by atoms with E-state index in [1.807, 2.05) is 48.5 Å². The van der Waals surface area contributed by atoms with E-state index in [9.17, 15) is 9.59 Å². The molecular weight excluding hydrogens is 424 g/mol. The number of nitrogens with one attached hydrogen (secondary N) is 1. The van der Waals surface area contributed by atoms with Crippen LogP contribution in [-0.4, -0.2) is 48.1 Å². The fourth-order valence-corrected chi connectivity index (χ4v) is 4.23. The molecule has 1 spiro atoms. The number of hydrogen-bond donors (Lipinski definition) is 1. The first-order chi connectivity index (χ1) is 16.1. The number of benzene rings is 1. The number of ether oxygens (including phenoxy) is 4. The predicted octanol–water partition coefficient (Wildman–Crippen LogP) is 3.54. The molecule has 1 aromatic heterocycles. The van der Waals surface area contributed by atoms with E-state index < -0.39 is 11.9 Å². The van der Waals surface area contributed by atoms with Crippen molar-refractivity contribution < 1.29 is 28.5 Å². The predicted molar refractivity (Wildman–Crippen MR) is 119 cm³/mol. The Morgan fingerprint density at radius 2 is 1.91 bits per heavy atom. The molecule has 1 amide bonds. The van der Waals surface area contributed by atoms with E-state index in [2.05, 4.69) is 10.3 Å². The largest absolute Gasteiger partial charge is 0.447 e. The van der Waals surface area contributed by atoms with Crippen LogP contribution in [0, 0.1) is 0 Å². The standard InChI is InChI=1S/C25H30N2O6/c28-21-13-23(17-30-16-19-7-2-1-3-8-19)33-25(14-21)11-6-10-22(32-25)18-31-24(29)27-15-20-9-4-5-12-26-20/h1-5,7-9,12,22-23H,6,10-11,13-18H2,(H,27,29)/t22-,23-,25-/m1/s1. The van der Waals surface area contributed by atoms with Crippen LogP contribution in [0.15, 0.2) is 54.7 Å². The van der Waals surface area contributed by atoms with Gasteiger partial charge in [-0.3, -0.25) is 9.78 Å². The fourth-order valence-electron chi connectivity index (χ4n) is 4.23. The molecule has 0 saturated carbocycles. The Morgan fingerprint density at radius 3 is 2.73 bits per heavy atom. The second-order valence-corrected chi connectivity index (χ2v) is 8.48. The number of ketones is 1. The summed E-state index contributed by atoms with van der Waals surface area (Å²) in [5.41, 5.74) is 1.82. The summed E-state index contributed by atoms with van der Waals surface area (Å²) in [6.07, 6.45) is 3.20. The van der Waals surface area contributed by atoms with Crippen molar-refractivity contribution in [2.45, 2.75) is 63.3 Å². The Kier molecular flexibility index (Phi) is 8.04. The third-order valence-corrected chi connectivity index (χ3v) is 5.72. The lowest BCUT2D eigenvalue weighted by atomic mass is 9.92. The average Bonchev–Trinajstić information content (AvgIpc) is 2.82. The molecule has 176 valence electrons. The minimum absolute atomic E-state index is 0.0997. The van der Waals surface area contributed by atoms with Crippen LogP contribution in [0.25, 0.3) is 0 Å². The third kappa shape index (κ3) is 7.08. The van der Waals surface area contributed by atoms with E-state index in [1.54, 1.807) is 6.20 Å². The zero-order chi connectivity index (χ0) is 22.9. The van der Waals surface area contributed by atoms with Crippen LogP contribution < -0.4 is 5.32 Å². The van der Waals surface area contributed by atoms with Gasteiger partial charge in [0.1, 0.15) is 12.4 Å². The van der Waals surface area contributed by atoms with Gasteiger partial charge in [-0.1, -0.05) is 36.4 Å². The van der Waals surface area contributed by atoms with Gasteiger partial charge in [-0.2, -0.15) is 0 Å². The smallest absolute Gasteiger partial charge is 0.407 e. The van der Waals surface area contributed by atoms with Crippen molar-refractivity contribution in [3.05, 3.63) is 66.0 Å². The topological polar surface area (TPSA) is 96.0 Å². The molecule has 1 aromatic carbocycles. The van der Waals surface area contributed by atoms with Crippen LogP contribution in [-0.2, 0) is 36.9 Å². The molecule has 8 nitrogen and oxygen atoms in total. The van der Waals surface area contributed by atoms with Crippen molar-refractivity contribution in [1.29, 1.82) is 0 Å². The number of pyridine rings is 1. The van der Waals surface area contributed by atoms with Crippen molar-refractivity contribution in [1.82, 2.24) is 10.3 Å². The molecule has 2 aromatic rings. The third-order valence-electron chi connectivity index (χ3n) is 5.72. The van der Waals surface area contributed by atoms with Gasteiger partial charge in [0.05, 0.1) is 44.1 Å². The molecule has 3 atom stereocenters. The van der Waals surface area contributed by atoms with Gasteiger partial charge in [0, 0.05) is 19.0 Å². The van der Waals surface area contributed by atoms with Gasteiger partial charge in [0.15, 0.2) is 5.79 Å². The molecule has 1 N–H and O–H groups in total. The number of nitrogens with zero attached hydrogens (tertiary/aromatic N) is 1. The van der Waals surface area contributed by atoms with Gasteiger partial charge in [0.2, 0.25) is 0 Å². The number of aromatic nitrogens is 1. The number of carbonyl (C=O) groups excluding carboxylic acids is 2. The van der Waals surface area contributed by atoms with Gasteiger partial charge in [-0.25, -0.2) is 4.79 Å². The van der Waals surface area contributed by atoms with Gasteiger partial charge >= 0.3 is 6.09 Å². The number of amides is 1. The molecule has 3 heterocycles. The molecular formula is C25H30N2O6. The molecule has 8 heteroatoms. The van der Waals surface area contributed by atoms with E-state index in [0.717, 1.165) is 24.1 Å². The van der Waals surface area contributed by atoms with Gasteiger partial charge in [0.25, 0.3) is 0 Å². The van der Waals surface area contributed by atoms with Gasteiger partial charge in [-0.05, 0) is 30.5 Å². The number of alkyl carbamates (subject to hydrolysis) is 1. The van der Waals surface area contributed by atoms with Crippen LogP contribution in [0.2, 0.25) is 0 Å². The lowest BCUT2D eigenvalue weighted by molar-refractivity contribution is -0.313. The normalized spacial score (nSPS) is 25.0. The van der Waals surface area contributed by atoms with E-state index >= 15 is 0 Å². The van der Waals surface area contributed by atoms with Crippen LogP contribution in [0.5, 0.6) is 0 Å². The monoisotopic (exact) mass is 454 g/mol. The zero-order valence-electron chi connectivity index (χ0n) is 18.6. The SMILES string of the molecule is O=C1C[C@H](COCc2ccccc2)O[C@]2(CCC[C@H](COC(=O)NCc3ccccn3)O2)C1. The van der Waals surface area contributed by atoms with Crippen molar-refractivity contribution in [3.63, 3.8) is 0 Å². The number of carbonyl (C=O) groups is 2. The zero-order valence-corrected chi connectivity index (χ0v) is 18.6. The highest BCUT2D eigenvalue weighted by molar-refractivity contribution is 5.80. The minimum Gasteiger partial charge on any atom is -0.447 e. The summed E-state index contributed by atoms with van der Waals surface area (Å²) in [5.74, 6) is -0.864. The van der Waals surface area contributed by atoms with Crippen molar-refractivity contribution in [2.75, 3.05) is 13.2 Å². The number of rotatable bonds is 8. The first kappa shape index (κ1) is 23.4.